The maximum atomic E-state index is 12.8. The molecule has 31 heavy (non-hydrogen) atoms. The number of ether oxygens (including phenoxy) is 2. The van der Waals surface area contributed by atoms with Gasteiger partial charge in [-0.2, -0.15) is 0 Å². The van der Waals surface area contributed by atoms with E-state index < -0.39 is 0 Å². The third-order valence-electron chi connectivity index (χ3n) is 6.66. The van der Waals surface area contributed by atoms with E-state index in [-0.39, 0.29) is 23.7 Å². The van der Waals surface area contributed by atoms with Crippen LogP contribution >= 0.6 is 0 Å². The fraction of sp³-hybridized carbons (Fsp3) is 0.296. The van der Waals surface area contributed by atoms with Gasteiger partial charge < -0.3 is 14.4 Å². The second kappa shape index (κ2) is 6.88. The summed E-state index contributed by atoms with van der Waals surface area (Å²) in [5, 5.41) is 0. The summed E-state index contributed by atoms with van der Waals surface area (Å²) < 4.78 is 11.0. The Morgan fingerprint density at radius 3 is 2.29 bits per heavy atom. The summed E-state index contributed by atoms with van der Waals surface area (Å²) in [7, 11) is 0. The van der Waals surface area contributed by atoms with Crippen molar-refractivity contribution in [3.8, 4) is 22.6 Å². The molecule has 0 N–H and O–H groups in total. The van der Waals surface area contributed by atoms with Gasteiger partial charge >= 0.3 is 0 Å². The van der Waals surface area contributed by atoms with Gasteiger partial charge in [0, 0.05) is 23.6 Å². The number of anilines is 1. The smallest absolute Gasteiger partial charge is 0.231 e. The molecule has 2 aliphatic rings. The number of rotatable bonds is 2. The summed E-state index contributed by atoms with van der Waals surface area (Å²) in [4.78, 5) is 14.8. The van der Waals surface area contributed by atoms with E-state index in [0.29, 0.717) is 0 Å². The van der Waals surface area contributed by atoms with Crippen molar-refractivity contribution in [1.29, 1.82) is 0 Å². The molecule has 5 rings (SSSR count). The molecular weight excluding hydrogens is 386 g/mol. The van der Waals surface area contributed by atoms with Crippen molar-refractivity contribution in [2.24, 2.45) is 0 Å². The predicted molar refractivity (Wildman–Crippen MR) is 123 cm³/mol. The van der Waals surface area contributed by atoms with Crippen LogP contribution in [-0.4, -0.2) is 18.2 Å². The molecule has 0 radical (unpaired) electrons. The molecule has 3 aromatic carbocycles. The van der Waals surface area contributed by atoms with Crippen LogP contribution in [0.2, 0.25) is 0 Å². The number of hydrogen-bond acceptors (Lipinski definition) is 3. The molecule has 0 spiro atoms. The first-order valence-corrected chi connectivity index (χ1v) is 10.7. The lowest BCUT2D eigenvalue weighted by Gasteiger charge is -2.51. The first-order chi connectivity index (χ1) is 14.8. The van der Waals surface area contributed by atoms with Gasteiger partial charge in [0.25, 0.3) is 0 Å². The van der Waals surface area contributed by atoms with Crippen molar-refractivity contribution in [2.75, 3.05) is 11.7 Å². The quantitative estimate of drug-likeness (QED) is 0.523. The van der Waals surface area contributed by atoms with Gasteiger partial charge in [0.1, 0.15) is 0 Å². The Kier molecular flexibility index (Phi) is 4.37. The van der Waals surface area contributed by atoms with E-state index in [1.54, 1.807) is 6.92 Å². The molecule has 0 saturated carbocycles. The van der Waals surface area contributed by atoms with Gasteiger partial charge in [-0.1, -0.05) is 55.5 Å². The minimum atomic E-state index is -0.322. The van der Waals surface area contributed by atoms with Crippen LogP contribution < -0.4 is 14.4 Å². The molecule has 0 saturated heterocycles. The molecule has 2 heterocycles. The molecule has 1 amide bonds. The van der Waals surface area contributed by atoms with Gasteiger partial charge in [0.05, 0.1) is 0 Å². The first-order valence-electron chi connectivity index (χ1n) is 10.7. The lowest BCUT2D eigenvalue weighted by atomic mass is 9.65. The SMILES string of the molecule is CC(=O)N1c2cc(-c3ccc4c(c3)OCO4)ccc2C(C)(c2ccccc2)CC1(C)C. The molecular formula is C27H27NO3. The second-order valence-corrected chi connectivity index (χ2v) is 9.34. The molecule has 4 heteroatoms. The van der Waals surface area contributed by atoms with Crippen LogP contribution in [0.4, 0.5) is 5.69 Å². The average molecular weight is 414 g/mol. The van der Waals surface area contributed by atoms with E-state index in [0.717, 1.165) is 34.7 Å². The van der Waals surface area contributed by atoms with Crippen LogP contribution in [0.25, 0.3) is 11.1 Å². The van der Waals surface area contributed by atoms with Crippen LogP contribution in [0.1, 0.15) is 45.2 Å². The van der Waals surface area contributed by atoms with Crippen LogP contribution in [0.5, 0.6) is 11.5 Å². The van der Waals surface area contributed by atoms with Gasteiger partial charge in [-0.15, -0.1) is 0 Å². The van der Waals surface area contributed by atoms with Crippen molar-refractivity contribution in [2.45, 2.75) is 45.1 Å². The van der Waals surface area contributed by atoms with Gasteiger partial charge in [-0.05, 0) is 60.7 Å². The van der Waals surface area contributed by atoms with E-state index in [1.165, 1.54) is 11.1 Å². The van der Waals surface area contributed by atoms with E-state index in [4.69, 9.17) is 9.47 Å². The molecule has 0 bridgehead atoms. The summed E-state index contributed by atoms with van der Waals surface area (Å²) >= 11 is 0. The number of carbonyl (C=O) groups is 1. The zero-order valence-electron chi connectivity index (χ0n) is 18.4. The Bertz CT molecular complexity index is 1170. The Morgan fingerprint density at radius 2 is 1.55 bits per heavy atom. The highest BCUT2D eigenvalue weighted by atomic mass is 16.7. The lowest BCUT2D eigenvalue weighted by Crippen LogP contribution is -2.55. The lowest BCUT2D eigenvalue weighted by molar-refractivity contribution is -0.117. The maximum absolute atomic E-state index is 12.8. The zero-order chi connectivity index (χ0) is 21.8. The highest BCUT2D eigenvalue weighted by Crippen LogP contribution is 2.51. The van der Waals surface area contributed by atoms with Crippen LogP contribution in [-0.2, 0) is 10.2 Å². The summed E-state index contributed by atoms with van der Waals surface area (Å²) in [5.41, 5.74) is 5.00. The largest absolute Gasteiger partial charge is 0.454 e. The monoisotopic (exact) mass is 413 g/mol. The number of hydrogen-bond donors (Lipinski definition) is 0. The summed E-state index contributed by atoms with van der Waals surface area (Å²) in [5.74, 6) is 1.59. The zero-order valence-corrected chi connectivity index (χ0v) is 18.4. The Balaban J connectivity index is 1.70. The average Bonchev–Trinajstić information content (AvgIpc) is 3.21. The van der Waals surface area contributed by atoms with E-state index in [1.807, 2.05) is 29.2 Å². The van der Waals surface area contributed by atoms with Gasteiger partial charge in [-0.3, -0.25) is 4.79 Å². The van der Waals surface area contributed by atoms with Gasteiger partial charge in [0.15, 0.2) is 11.5 Å². The molecule has 0 aromatic heterocycles. The van der Waals surface area contributed by atoms with Gasteiger partial charge in [-0.25, -0.2) is 0 Å². The third kappa shape index (κ3) is 3.09. The molecule has 4 nitrogen and oxygen atoms in total. The fourth-order valence-corrected chi connectivity index (χ4v) is 5.46. The second-order valence-electron chi connectivity index (χ2n) is 9.34. The van der Waals surface area contributed by atoms with Gasteiger partial charge in [0.2, 0.25) is 12.7 Å². The molecule has 158 valence electrons. The van der Waals surface area contributed by atoms with Crippen molar-refractivity contribution >= 4 is 11.6 Å². The Labute approximate surface area is 183 Å². The minimum Gasteiger partial charge on any atom is -0.454 e. The predicted octanol–water partition coefficient (Wildman–Crippen LogP) is 5.92. The normalized spacial score (nSPS) is 21.0. The van der Waals surface area contributed by atoms with Crippen LogP contribution in [0, 0.1) is 0 Å². The van der Waals surface area contributed by atoms with E-state index in [9.17, 15) is 4.79 Å². The summed E-state index contributed by atoms with van der Waals surface area (Å²) in [6, 6.07) is 23.1. The molecule has 0 fully saturated rings. The highest BCUT2D eigenvalue weighted by molar-refractivity contribution is 5.96. The topological polar surface area (TPSA) is 38.8 Å². The minimum absolute atomic E-state index is 0.0594. The van der Waals surface area contributed by atoms with Crippen molar-refractivity contribution in [3.05, 3.63) is 77.9 Å². The van der Waals surface area contributed by atoms with E-state index in [2.05, 4.69) is 63.2 Å². The number of nitrogens with zero attached hydrogens (tertiary/aromatic N) is 1. The van der Waals surface area contributed by atoms with Crippen molar-refractivity contribution < 1.29 is 14.3 Å². The van der Waals surface area contributed by atoms with Crippen LogP contribution in [0.15, 0.2) is 66.7 Å². The first kappa shape index (κ1) is 19.7. The Morgan fingerprint density at radius 1 is 0.871 bits per heavy atom. The summed E-state index contributed by atoms with van der Waals surface area (Å²) in [6.45, 7) is 8.52. The number of amides is 1. The van der Waals surface area contributed by atoms with Crippen molar-refractivity contribution in [3.63, 3.8) is 0 Å². The number of benzene rings is 3. The Hall–Kier alpha value is -3.27. The molecule has 1 unspecified atom stereocenters. The van der Waals surface area contributed by atoms with Crippen molar-refractivity contribution in [1.82, 2.24) is 0 Å². The third-order valence-corrected chi connectivity index (χ3v) is 6.66. The molecule has 3 aromatic rings. The maximum Gasteiger partial charge on any atom is 0.231 e. The van der Waals surface area contributed by atoms with E-state index >= 15 is 0 Å². The molecule has 1 atom stereocenters. The fourth-order valence-electron chi connectivity index (χ4n) is 5.46. The number of carbonyl (C=O) groups excluding carboxylic acids is 1. The summed E-state index contributed by atoms with van der Waals surface area (Å²) in [6.07, 6.45) is 0.847. The molecule has 2 aliphatic heterocycles. The number of fused-ring (bicyclic) bond motifs is 2. The highest BCUT2D eigenvalue weighted by Gasteiger charge is 2.47. The molecule has 0 aliphatic carbocycles. The standard InChI is InChI=1S/C27H27NO3/c1-18(29)28-23-14-19(20-11-13-24-25(15-20)31-17-30-24)10-12-22(23)27(4,16-26(28,2)3)21-8-6-5-7-9-21/h5-15H,16-17H2,1-4H3. The van der Waals surface area contributed by atoms with Crippen LogP contribution in [0.3, 0.4) is 0 Å².